The molecule has 92 valence electrons. The number of anilines is 2. The van der Waals surface area contributed by atoms with Gasteiger partial charge in [0.2, 0.25) is 5.95 Å². The van der Waals surface area contributed by atoms with E-state index in [4.69, 9.17) is 5.73 Å². The quantitative estimate of drug-likeness (QED) is 0.580. The number of nitrogens with two attached hydrogens (primary N) is 1. The summed E-state index contributed by atoms with van der Waals surface area (Å²) in [6.07, 6.45) is 5.27. The van der Waals surface area contributed by atoms with Crippen LogP contribution >= 0.6 is 0 Å². The highest BCUT2D eigenvalue weighted by molar-refractivity contribution is 5.91. The Morgan fingerprint density at radius 2 is 2.29 bits per heavy atom. The number of hydrogen-bond donors (Lipinski definition) is 2. The van der Waals surface area contributed by atoms with Crippen molar-refractivity contribution in [1.82, 2.24) is 9.97 Å². The molecule has 0 saturated carbocycles. The van der Waals surface area contributed by atoms with Crippen molar-refractivity contribution in [2.24, 2.45) is 0 Å². The smallest absolute Gasteiger partial charge is 0.222 e. The average molecular weight is 234 g/mol. The monoisotopic (exact) mass is 234 g/mol. The molecule has 0 radical (unpaired) electrons. The number of nitrogens with zero attached hydrogens (tertiary/aromatic N) is 2. The van der Waals surface area contributed by atoms with Gasteiger partial charge in [0.05, 0.1) is 5.69 Å². The van der Waals surface area contributed by atoms with Gasteiger partial charge in [-0.15, -0.1) is 0 Å². The first-order valence-corrected chi connectivity index (χ1v) is 5.69. The molecule has 0 aliphatic rings. The van der Waals surface area contributed by atoms with E-state index >= 15 is 0 Å². The number of unbranched alkanes of at least 4 members (excludes halogenated alkanes) is 1. The van der Waals surface area contributed by atoms with Crippen molar-refractivity contribution in [3.05, 3.63) is 17.8 Å². The van der Waals surface area contributed by atoms with Gasteiger partial charge in [-0.1, -0.05) is 13.3 Å². The Bertz CT molecular complexity index is 415. The second-order valence-corrected chi connectivity index (χ2v) is 3.76. The molecule has 0 spiro atoms. The third-order valence-corrected chi connectivity index (χ3v) is 2.09. The molecule has 1 aromatic heterocycles. The molecule has 0 bridgehead atoms. The molecule has 0 aliphatic heterocycles. The summed E-state index contributed by atoms with van der Waals surface area (Å²) in [5.41, 5.74) is 6.22. The van der Waals surface area contributed by atoms with Gasteiger partial charge in [0.1, 0.15) is 5.82 Å². The Hall–Kier alpha value is -1.91. The van der Waals surface area contributed by atoms with E-state index in [0.717, 1.165) is 19.4 Å². The number of nitrogens with one attached hydrogen (secondary N) is 1. The topological polar surface area (TPSA) is 80.9 Å². The van der Waals surface area contributed by atoms with E-state index < -0.39 is 0 Å². The molecule has 5 heteroatoms. The zero-order valence-corrected chi connectivity index (χ0v) is 10.2. The molecule has 17 heavy (non-hydrogen) atoms. The van der Waals surface area contributed by atoms with E-state index in [2.05, 4.69) is 22.2 Å². The van der Waals surface area contributed by atoms with Gasteiger partial charge in [-0.3, -0.25) is 4.79 Å². The predicted molar refractivity (Wildman–Crippen MR) is 69.6 cm³/mol. The van der Waals surface area contributed by atoms with Gasteiger partial charge in [0.25, 0.3) is 0 Å². The first-order valence-electron chi connectivity index (χ1n) is 5.69. The molecule has 0 saturated heterocycles. The normalized spacial score (nSPS) is 10.7. The van der Waals surface area contributed by atoms with Crippen molar-refractivity contribution in [2.75, 3.05) is 17.6 Å². The maximum atomic E-state index is 10.8. The van der Waals surface area contributed by atoms with Crippen LogP contribution in [-0.4, -0.2) is 22.3 Å². The lowest BCUT2D eigenvalue weighted by molar-refractivity contribution is -0.112. The third kappa shape index (κ3) is 5.10. The maximum Gasteiger partial charge on any atom is 0.222 e. The standard InChI is InChI=1S/C12H18N4O/c1-3-4-7-14-11-8-10(6-5-9(2)17)15-12(13)16-11/h5-6,8H,3-4,7H2,1-2H3,(H3,13,14,15,16)/b6-5+. The summed E-state index contributed by atoms with van der Waals surface area (Å²) in [6.45, 7) is 4.46. The van der Waals surface area contributed by atoms with Crippen LogP contribution in [0.4, 0.5) is 11.8 Å². The molecule has 1 heterocycles. The number of ketones is 1. The van der Waals surface area contributed by atoms with Gasteiger partial charge in [-0.2, -0.15) is 4.98 Å². The van der Waals surface area contributed by atoms with Crippen LogP contribution in [0.15, 0.2) is 12.1 Å². The van der Waals surface area contributed by atoms with Crippen LogP contribution in [0.5, 0.6) is 0 Å². The van der Waals surface area contributed by atoms with Crippen LogP contribution in [-0.2, 0) is 4.79 Å². The molecule has 0 atom stereocenters. The highest BCUT2D eigenvalue weighted by atomic mass is 16.1. The lowest BCUT2D eigenvalue weighted by Crippen LogP contribution is -2.06. The zero-order valence-electron chi connectivity index (χ0n) is 10.2. The lowest BCUT2D eigenvalue weighted by Gasteiger charge is -2.05. The molecule has 1 rings (SSSR count). The summed E-state index contributed by atoms with van der Waals surface area (Å²) in [5, 5.41) is 3.16. The van der Waals surface area contributed by atoms with Crippen LogP contribution in [0.1, 0.15) is 32.4 Å². The first-order chi connectivity index (χ1) is 8.11. The molecule has 5 nitrogen and oxygen atoms in total. The number of rotatable bonds is 6. The van der Waals surface area contributed by atoms with Gasteiger partial charge in [0.15, 0.2) is 5.78 Å². The van der Waals surface area contributed by atoms with Crippen LogP contribution in [0.25, 0.3) is 6.08 Å². The second kappa shape index (κ2) is 6.62. The third-order valence-electron chi connectivity index (χ3n) is 2.09. The number of carbonyl (C=O) groups is 1. The Morgan fingerprint density at radius 1 is 1.53 bits per heavy atom. The Balaban J connectivity index is 2.75. The average Bonchev–Trinajstić information content (AvgIpc) is 2.26. The van der Waals surface area contributed by atoms with E-state index in [1.165, 1.54) is 13.0 Å². The molecule has 0 aromatic carbocycles. The summed E-state index contributed by atoms with van der Waals surface area (Å²) in [4.78, 5) is 18.9. The number of hydrogen-bond acceptors (Lipinski definition) is 5. The molecule has 0 fully saturated rings. The van der Waals surface area contributed by atoms with Crippen molar-refractivity contribution in [2.45, 2.75) is 26.7 Å². The lowest BCUT2D eigenvalue weighted by atomic mass is 10.3. The summed E-state index contributed by atoms with van der Waals surface area (Å²) in [6, 6.07) is 1.77. The minimum absolute atomic E-state index is 0.0253. The number of carbonyl (C=O) groups excluding carboxylic acids is 1. The fraction of sp³-hybridized carbons (Fsp3) is 0.417. The van der Waals surface area contributed by atoms with Crippen molar-refractivity contribution in [3.63, 3.8) is 0 Å². The maximum absolute atomic E-state index is 10.8. The molecular formula is C12H18N4O. The van der Waals surface area contributed by atoms with Crippen LogP contribution in [0, 0.1) is 0 Å². The van der Waals surface area contributed by atoms with Gasteiger partial charge < -0.3 is 11.1 Å². The van der Waals surface area contributed by atoms with E-state index in [9.17, 15) is 4.79 Å². The van der Waals surface area contributed by atoms with Crippen LogP contribution < -0.4 is 11.1 Å². The van der Waals surface area contributed by atoms with Crippen molar-refractivity contribution < 1.29 is 4.79 Å². The van der Waals surface area contributed by atoms with Gasteiger partial charge in [-0.05, 0) is 25.5 Å². The van der Waals surface area contributed by atoms with E-state index in [0.29, 0.717) is 11.5 Å². The summed E-state index contributed by atoms with van der Waals surface area (Å²) >= 11 is 0. The van der Waals surface area contributed by atoms with E-state index in [1.54, 1.807) is 12.1 Å². The molecule has 0 amide bonds. The van der Waals surface area contributed by atoms with Crippen LogP contribution in [0.3, 0.4) is 0 Å². The van der Waals surface area contributed by atoms with E-state index in [-0.39, 0.29) is 11.7 Å². The second-order valence-electron chi connectivity index (χ2n) is 3.76. The highest BCUT2D eigenvalue weighted by Crippen LogP contribution is 2.09. The summed E-state index contributed by atoms with van der Waals surface area (Å²) in [5.74, 6) is 0.867. The van der Waals surface area contributed by atoms with Crippen LogP contribution in [0.2, 0.25) is 0 Å². The molecule has 3 N–H and O–H groups in total. The largest absolute Gasteiger partial charge is 0.370 e. The minimum atomic E-state index is -0.0253. The molecular weight excluding hydrogens is 216 g/mol. The van der Waals surface area contributed by atoms with Crippen molar-refractivity contribution >= 4 is 23.6 Å². The number of aromatic nitrogens is 2. The summed E-state index contributed by atoms with van der Waals surface area (Å²) < 4.78 is 0. The first kappa shape index (κ1) is 13.2. The Morgan fingerprint density at radius 3 is 2.94 bits per heavy atom. The predicted octanol–water partition coefficient (Wildman–Crippen LogP) is 1.87. The number of allylic oxidation sites excluding steroid dienone is 1. The zero-order chi connectivity index (χ0) is 12.7. The van der Waals surface area contributed by atoms with Crippen molar-refractivity contribution in [3.8, 4) is 0 Å². The SMILES string of the molecule is CCCCNc1cc(/C=C/C(C)=O)nc(N)n1. The number of nitrogen functional groups attached to an aromatic ring is 1. The van der Waals surface area contributed by atoms with E-state index in [1.807, 2.05) is 0 Å². The Kier molecular flexibility index (Phi) is 5.13. The fourth-order valence-electron chi connectivity index (χ4n) is 1.26. The minimum Gasteiger partial charge on any atom is -0.370 e. The van der Waals surface area contributed by atoms with Crippen molar-refractivity contribution in [1.29, 1.82) is 0 Å². The molecule has 0 aliphatic carbocycles. The van der Waals surface area contributed by atoms with Gasteiger partial charge >= 0.3 is 0 Å². The summed E-state index contributed by atoms with van der Waals surface area (Å²) in [7, 11) is 0. The Labute approximate surface area is 101 Å². The molecule has 0 unspecified atom stereocenters. The highest BCUT2D eigenvalue weighted by Gasteiger charge is 1.99. The van der Waals surface area contributed by atoms with Gasteiger partial charge in [0, 0.05) is 12.6 Å². The fourth-order valence-corrected chi connectivity index (χ4v) is 1.26. The molecule has 1 aromatic rings. The van der Waals surface area contributed by atoms with Gasteiger partial charge in [-0.25, -0.2) is 4.98 Å².